The molecule has 128 valence electrons. The number of aromatic nitrogens is 3. The van der Waals surface area contributed by atoms with Crippen LogP contribution < -0.4 is 5.32 Å². The van der Waals surface area contributed by atoms with E-state index in [0.717, 1.165) is 42.2 Å². The summed E-state index contributed by atoms with van der Waals surface area (Å²) < 4.78 is 13.1. The average molecular weight is 338 g/mol. The van der Waals surface area contributed by atoms with Gasteiger partial charge in [-0.1, -0.05) is 31.4 Å². The normalized spacial score (nSPS) is 15.4. The first-order valence-electron chi connectivity index (χ1n) is 8.61. The Morgan fingerprint density at radius 1 is 1.12 bits per heavy atom. The molecule has 0 bridgehead atoms. The Kier molecular flexibility index (Phi) is 4.17. The van der Waals surface area contributed by atoms with Crippen molar-refractivity contribution in [2.75, 3.05) is 5.32 Å². The van der Waals surface area contributed by atoms with Crippen LogP contribution in [0.5, 0.6) is 0 Å². The first-order valence-corrected chi connectivity index (χ1v) is 8.61. The van der Waals surface area contributed by atoms with E-state index >= 15 is 0 Å². The molecule has 1 amide bonds. The zero-order chi connectivity index (χ0) is 17.2. The highest BCUT2D eigenvalue weighted by Crippen LogP contribution is 2.28. The topological polar surface area (TPSA) is 70.7 Å². The van der Waals surface area contributed by atoms with Gasteiger partial charge in [0.1, 0.15) is 11.6 Å². The van der Waals surface area contributed by atoms with Gasteiger partial charge in [0.2, 0.25) is 5.91 Å². The molecule has 1 saturated carbocycles. The molecule has 5 nitrogen and oxygen atoms in total. The largest absolute Gasteiger partial charge is 0.310 e. The van der Waals surface area contributed by atoms with E-state index in [9.17, 15) is 9.18 Å². The Morgan fingerprint density at radius 3 is 2.64 bits per heavy atom. The molecule has 0 aliphatic heterocycles. The number of fused-ring (bicyclic) bond motifs is 1. The number of amides is 1. The van der Waals surface area contributed by atoms with Crippen LogP contribution in [0.4, 0.5) is 10.2 Å². The summed E-state index contributed by atoms with van der Waals surface area (Å²) in [5, 5.41) is 10.7. The van der Waals surface area contributed by atoms with Crippen molar-refractivity contribution in [1.29, 1.82) is 0 Å². The van der Waals surface area contributed by atoms with Gasteiger partial charge >= 0.3 is 0 Å². The van der Waals surface area contributed by atoms with Crippen molar-refractivity contribution in [2.45, 2.75) is 32.1 Å². The van der Waals surface area contributed by atoms with Gasteiger partial charge < -0.3 is 5.32 Å². The standard InChI is InChI=1S/C19H19FN4O/c20-15-8-6-12(7-9-15)14-10-16-17(21-11-14)23-24-18(16)22-19(25)13-4-2-1-3-5-13/h6-11,13H,1-5H2,(H2,21,22,23,24,25). The summed E-state index contributed by atoms with van der Waals surface area (Å²) >= 11 is 0. The Hall–Kier alpha value is -2.76. The number of nitrogens with one attached hydrogen (secondary N) is 2. The SMILES string of the molecule is O=C(Nc1[nH]nc2ncc(-c3ccc(F)cc3)cc12)C1CCCCC1. The van der Waals surface area contributed by atoms with Gasteiger partial charge in [-0.25, -0.2) is 9.37 Å². The van der Waals surface area contributed by atoms with Crippen molar-refractivity contribution < 1.29 is 9.18 Å². The maximum atomic E-state index is 13.1. The smallest absolute Gasteiger partial charge is 0.228 e. The molecule has 1 aliphatic carbocycles. The second-order valence-electron chi connectivity index (χ2n) is 6.52. The number of anilines is 1. The molecular formula is C19H19FN4O. The van der Waals surface area contributed by atoms with Crippen LogP contribution in [-0.4, -0.2) is 21.1 Å². The van der Waals surface area contributed by atoms with Crippen LogP contribution in [-0.2, 0) is 4.79 Å². The van der Waals surface area contributed by atoms with E-state index in [4.69, 9.17) is 0 Å². The highest BCUT2D eigenvalue weighted by molar-refractivity contribution is 6.00. The number of halogens is 1. The number of nitrogens with zero attached hydrogens (tertiary/aromatic N) is 2. The predicted molar refractivity (Wildman–Crippen MR) is 94.5 cm³/mol. The van der Waals surface area contributed by atoms with Gasteiger partial charge in [0.05, 0.1) is 5.39 Å². The number of aromatic amines is 1. The van der Waals surface area contributed by atoms with Gasteiger partial charge in [-0.2, -0.15) is 5.10 Å². The summed E-state index contributed by atoms with van der Waals surface area (Å²) in [6.07, 6.45) is 7.01. The van der Waals surface area contributed by atoms with Gasteiger partial charge in [-0.3, -0.25) is 9.89 Å². The van der Waals surface area contributed by atoms with Crippen molar-refractivity contribution >= 4 is 22.8 Å². The molecule has 0 unspecified atom stereocenters. The lowest BCUT2D eigenvalue weighted by Crippen LogP contribution is -2.24. The van der Waals surface area contributed by atoms with Crippen LogP contribution in [0, 0.1) is 11.7 Å². The highest BCUT2D eigenvalue weighted by atomic mass is 19.1. The molecule has 1 aromatic carbocycles. The number of pyridine rings is 1. The van der Waals surface area contributed by atoms with Crippen molar-refractivity contribution in [3.63, 3.8) is 0 Å². The van der Waals surface area contributed by atoms with E-state index in [1.807, 2.05) is 6.07 Å². The molecule has 3 aromatic rings. The van der Waals surface area contributed by atoms with E-state index in [1.165, 1.54) is 18.6 Å². The number of hydrogen-bond acceptors (Lipinski definition) is 3. The lowest BCUT2D eigenvalue weighted by Gasteiger charge is -2.20. The summed E-state index contributed by atoms with van der Waals surface area (Å²) in [5.74, 6) is 0.404. The molecular weight excluding hydrogens is 319 g/mol. The summed E-state index contributed by atoms with van der Waals surface area (Å²) in [6, 6.07) is 8.16. The van der Waals surface area contributed by atoms with E-state index in [2.05, 4.69) is 20.5 Å². The summed E-state index contributed by atoms with van der Waals surface area (Å²) in [5.41, 5.74) is 2.26. The van der Waals surface area contributed by atoms with E-state index < -0.39 is 0 Å². The lowest BCUT2D eigenvalue weighted by atomic mass is 9.89. The van der Waals surface area contributed by atoms with Crippen LogP contribution in [0.25, 0.3) is 22.2 Å². The van der Waals surface area contributed by atoms with Crippen molar-refractivity contribution in [3.8, 4) is 11.1 Å². The highest BCUT2D eigenvalue weighted by Gasteiger charge is 2.22. The summed E-state index contributed by atoms with van der Waals surface area (Å²) in [4.78, 5) is 16.8. The van der Waals surface area contributed by atoms with Gasteiger partial charge in [0.25, 0.3) is 0 Å². The Balaban J connectivity index is 1.62. The molecule has 2 aromatic heterocycles. The maximum absolute atomic E-state index is 13.1. The quantitative estimate of drug-likeness (QED) is 0.749. The first kappa shape index (κ1) is 15.7. The van der Waals surface area contributed by atoms with E-state index in [1.54, 1.807) is 18.3 Å². The van der Waals surface area contributed by atoms with Crippen LogP contribution in [0.1, 0.15) is 32.1 Å². The molecule has 2 heterocycles. The van der Waals surface area contributed by atoms with Gasteiger partial charge in [-0.15, -0.1) is 0 Å². The van der Waals surface area contributed by atoms with Crippen molar-refractivity contribution in [1.82, 2.24) is 15.2 Å². The van der Waals surface area contributed by atoms with Gasteiger partial charge in [0, 0.05) is 17.7 Å². The zero-order valence-corrected chi connectivity index (χ0v) is 13.8. The van der Waals surface area contributed by atoms with Crippen LogP contribution in [0.3, 0.4) is 0 Å². The molecule has 4 rings (SSSR count). The molecule has 2 N–H and O–H groups in total. The molecule has 0 saturated heterocycles. The predicted octanol–water partition coefficient (Wildman–Crippen LogP) is 4.28. The molecule has 0 radical (unpaired) electrons. The molecule has 1 aliphatic rings. The fraction of sp³-hybridized carbons (Fsp3) is 0.316. The van der Waals surface area contributed by atoms with Crippen LogP contribution >= 0.6 is 0 Å². The minimum atomic E-state index is -0.276. The maximum Gasteiger partial charge on any atom is 0.228 e. The molecule has 6 heteroatoms. The Bertz CT molecular complexity index is 897. The molecule has 0 spiro atoms. The van der Waals surface area contributed by atoms with Gasteiger partial charge in [0.15, 0.2) is 5.65 Å². The van der Waals surface area contributed by atoms with Crippen LogP contribution in [0.2, 0.25) is 0 Å². The van der Waals surface area contributed by atoms with Crippen molar-refractivity contribution in [2.24, 2.45) is 5.92 Å². The molecule has 25 heavy (non-hydrogen) atoms. The van der Waals surface area contributed by atoms with Gasteiger partial charge in [-0.05, 0) is 36.6 Å². The fourth-order valence-corrected chi connectivity index (χ4v) is 3.39. The number of hydrogen-bond donors (Lipinski definition) is 2. The number of carbonyl (C=O) groups is 1. The van der Waals surface area contributed by atoms with Crippen LogP contribution in [0.15, 0.2) is 36.5 Å². The second-order valence-corrected chi connectivity index (χ2v) is 6.52. The second kappa shape index (κ2) is 6.63. The fourth-order valence-electron chi connectivity index (χ4n) is 3.39. The minimum Gasteiger partial charge on any atom is -0.310 e. The lowest BCUT2D eigenvalue weighted by molar-refractivity contribution is -0.120. The summed E-state index contributed by atoms with van der Waals surface area (Å²) in [7, 11) is 0. The Labute approximate surface area is 144 Å². The number of carbonyl (C=O) groups excluding carboxylic acids is 1. The van der Waals surface area contributed by atoms with E-state index in [0.29, 0.717) is 11.5 Å². The first-order chi connectivity index (χ1) is 12.2. The number of rotatable bonds is 3. The number of H-pyrrole nitrogens is 1. The Morgan fingerprint density at radius 2 is 1.88 bits per heavy atom. The molecule has 0 atom stereocenters. The third-order valence-electron chi connectivity index (χ3n) is 4.81. The van der Waals surface area contributed by atoms with Crippen molar-refractivity contribution in [3.05, 3.63) is 42.3 Å². The number of benzene rings is 1. The minimum absolute atomic E-state index is 0.0393. The third kappa shape index (κ3) is 3.24. The monoisotopic (exact) mass is 338 g/mol. The molecule has 1 fully saturated rings. The average Bonchev–Trinajstić information content (AvgIpc) is 3.05. The third-order valence-corrected chi connectivity index (χ3v) is 4.81. The van der Waals surface area contributed by atoms with E-state index in [-0.39, 0.29) is 17.6 Å². The zero-order valence-electron chi connectivity index (χ0n) is 13.8. The summed E-state index contributed by atoms with van der Waals surface area (Å²) in [6.45, 7) is 0.